The molecule has 4 aliphatic heterocycles. The highest BCUT2D eigenvalue weighted by atomic mass is 16.7. The van der Waals surface area contributed by atoms with E-state index in [9.17, 15) is 4.79 Å². The van der Waals surface area contributed by atoms with Crippen molar-refractivity contribution in [2.24, 2.45) is 17.3 Å². The van der Waals surface area contributed by atoms with Crippen molar-refractivity contribution in [3.63, 3.8) is 0 Å². The minimum absolute atomic E-state index is 0.0204. The predicted octanol–water partition coefficient (Wildman–Crippen LogP) is 2.13. The van der Waals surface area contributed by atoms with Crippen LogP contribution >= 0.6 is 0 Å². The Hall–Kier alpha value is -0.910. The second-order valence-electron chi connectivity index (χ2n) is 9.88. The summed E-state index contributed by atoms with van der Waals surface area (Å²) in [6.07, 6.45) is 4.44. The molecule has 7 aliphatic rings. The van der Waals surface area contributed by atoms with Crippen LogP contribution in [0.4, 0.5) is 0 Å². The number of carbonyl (C=O) groups is 1. The molecule has 3 saturated heterocycles. The molecule has 2 spiro atoms. The van der Waals surface area contributed by atoms with Crippen LogP contribution in [0.5, 0.6) is 0 Å². The van der Waals surface area contributed by atoms with Crippen LogP contribution in [0.15, 0.2) is 11.1 Å². The summed E-state index contributed by atoms with van der Waals surface area (Å²) in [5.41, 5.74) is 1.81. The fourth-order valence-corrected chi connectivity index (χ4v) is 7.56. The lowest BCUT2D eigenvalue weighted by Gasteiger charge is -2.52. The Morgan fingerprint density at radius 2 is 2.00 bits per heavy atom. The molecule has 25 heavy (non-hydrogen) atoms. The number of fused-ring (bicyclic) bond motifs is 4. The number of cyclic esters (lactones) is 1. The molecule has 8 atom stereocenters. The molecular weight excluding hydrogens is 320 g/mol. The van der Waals surface area contributed by atoms with E-state index in [4.69, 9.17) is 18.9 Å². The van der Waals surface area contributed by atoms with Gasteiger partial charge in [-0.15, -0.1) is 0 Å². The van der Waals surface area contributed by atoms with Gasteiger partial charge in [0.25, 0.3) is 0 Å². The minimum atomic E-state index is -0.211. The zero-order valence-corrected chi connectivity index (χ0v) is 15.0. The van der Waals surface area contributed by atoms with Gasteiger partial charge >= 0.3 is 5.97 Å². The van der Waals surface area contributed by atoms with Gasteiger partial charge in [-0.1, -0.05) is 20.8 Å². The Morgan fingerprint density at radius 1 is 1.16 bits per heavy atom. The van der Waals surface area contributed by atoms with Crippen LogP contribution in [0.1, 0.15) is 46.5 Å². The summed E-state index contributed by atoms with van der Waals surface area (Å²) < 4.78 is 24.7. The number of carbonyl (C=O) groups excluding carboxylic acids is 1. The molecule has 1 unspecified atom stereocenters. The monoisotopic (exact) mass is 344 g/mol. The lowest BCUT2D eigenvalue weighted by Crippen LogP contribution is -2.63. The van der Waals surface area contributed by atoms with Crippen LogP contribution in [0, 0.1) is 17.3 Å². The van der Waals surface area contributed by atoms with Gasteiger partial charge in [-0.2, -0.15) is 0 Å². The van der Waals surface area contributed by atoms with Gasteiger partial charge in [0.15, 0.2) is 0 Å². The maximum Gasteiger partial charge on any atom is 0.334 e. The van der Waals surface area contributed by atoms with Crippen LogP contribution in [-0.4, -0.2) is 47.7 Å². The van der Waals surface area contributed by atoms with Gasteiger partial charge in [0.05, 0.1) is 6.10 Å². The number of ether oxygens (including phenoxy) is 4. The highest BCUT2D eigenvalue weighted by Gasteiger charge is 2.97. The van der Waals surface area contributed by atoms with Crippen molar-refractivity contribution < 1.29 is 23.7 Å². The first-order chi connectivity index (χ1) is 11.9. The molecule has 0 aromatic rings. The molecule has 2 saturated carbocycles. The van der Waals surface area contributed by atoms with E-state index in [1.165, 1.54) is 5.57 Å². The molecule has 0 N–H and O–H groups in total. The number of hydrogen-bond donors (Lipinski definition) is 0. The summed E-state index contributed by atoms with van der Waals surface area (Å²) in [5, 5.41) is 0. The van der Waals surface area contributed by atoms with Gasteiger partial charge in [-0.3, -0.25) is 0 Å². The maximum atomic E-state index is 12.1. The molecule has 0 bridgehead atoms. The first-order valence-corrected chi connectivity index (χ1v) is 9.82. The average Bonchev–Trinajstić information content (AvgIpc) is 3.45. The molecule has 0 amide bonds. The largest absolute Gasteiger partial charge is 0.458 e. The maximum absolute atomic E-state index is 12.1. The normalized spacial score (nSPS) is 62.2. The molecule has 0 aromatic carbocycles. The van der Waals surface area contributed by atoms with Crippen LogP contribution in [0.2, 0.25) is 0 Å². The standard InChI is InChI=1S/C20H24O5/c1-9(2)18-8-19-13(23-19)6-12-11-7-22-16(21)10(11)4-5-17(12,3)20(19)15(25-20)14(18)24-18/h9,12-15H,4-8H2,1-3H3/t12?,13-,14-,15-,17-,18-,19-,20+/m0/s1. The summed E-state index contributed by atoms with van der Waals surface area (Å²) in [6, 6.07) is 0. The van der Waals surface area contributed by atoms with Crippen LogP contribution < -0.4 is 0 Å². The second kappa shape index (κ2) is 3.58. The zero-order chi connectivity index (χ0) is 17.0. The molecule has 5 heteroatoms. The summed E-state index contributed by atoms with van der Waals surface area (Å²) in [5.74, 6) is 0.744. The van der Waals surface area contributed by atoms with E-state index in [0.29, 0.717) is 18.4 Å². The van der Waals surface area contributed by atoms with Gasteiger partial charge in [0, 0.05) is 17.4 Å². The van der Waals surface area contributed by atoms with Crippen LogP contribution in [-0.2, 0) is 23.7 Å². The molecule has 3 aliphatic carbocycles. The number of rotatable bonds is 1. The second-order valence-corrected chi connectivity index (χ2v) is 9.88. The SMILES string of the molecule is CC(C)[C@@]12C[C@]34O[C@H]3CC3C5=C(CC[C@]3(C)[C@@]43O[C@H]3[C@@H]1O2)C(=O)OC5. The van der Waals surface area contributed by atoms with Gasteiger partial charge in [-0.25, -0.2) is 4.79 Å². The van der Waals surface area contributed by atoms with E-state index < -0.39 is 0 Å². The van der Waals surface area contributed by atoms with E-state index in [2.05, 4.69) is 20.8 Å². The van der Waals surface area contributed by atoms with Gasteiger partial charge < -0.3 is 18.9 Å². The smallest absolute Gasteiger partial charge is 0.334 e. The van der Waals surface area contributed by atoms with Crippen molar-refractivity contribution in [3.05, 3.63) is 11.1 Å². The third-order valence-corrected chi connectivity index (χ3v) is 9.04. The van der Waals surface area contributed by atoms with Crippen molar-refractivity contribution in [2.75, 3.05) is 6.61 Å². The summed E-state index contributed by atoms with van der Waals surface area (Å²) in [6.45, 7) is 7.38. The van der Waals surface area contributed by atoms with Crippen LogP contribution in [0.3, 0.4) is 0 Å². The molecule has 7 rings (SSSR count). The first kappa shape index (κ1) is 14.2. The third-order valence-electron chi connectivity index (χ3n) is 9.04. The summed E-state index contributed by atoms with van der Waals surface area (Å²) in [4.78, 5) is 12.1. The van der Waals surface area contributed by atoms with E-state index in [1.54, 1.807) is 0 Å². The average molecular weight is 344 g/mol. The molecular formula is C20H24O5. The Bertz CT molecular complexity index is 787. The van der Waals surface area contributed by atoms with E-state index in [-0.39, 0.29) is 46.5 Å². The molecule has 134 valence electrons. The molecule has 5 nitrogen and oxygen atoms in total. The van der Waals surface area contributed by atoms with E-state index in [1.807, 2.05) is 0 Å². The van der Waals surface area contributed by atoms with E-state index >= 15 is 0 Å². The predicted molar refractivity (Wildman–Crippen MR) is 85.7 cm³/mol. The topological polar surface area (TPSA) is 63.9 Å². The Balaban J connectivity index is 1.36. The Labute approximate surface area is 147 Å². The summed E-state index contributed by atoms with van der Waals surface area (Å²) in [7, 11) is 0. The van der Waals surface area contributed by atoms with Crippen molar-refractivity contribution in [1.29, 1.82) is 0 Å². The lowest BCUT2D eigenvalue weighted by molar-refractivity contribution is -0.136. The zero-order valence-electron chi connectivity index (χ0n) is 15.0. The Kier molecular flexibility index (Phi) is 2.03. The van der Waals surface area contributed by atoms with Crippen molar-refractivity contribution >= 4 is 5.97 Å². The van der Waals surface area contributed by atoms with Crippen LogP contribution in [0.25, 0.3) is 0 Å². The highest BCUT2D eigenvalue weighted by molar-refractivity contribution is 5.92. The van der Waals surface area contributed by atoms with Crippen molar-refractivity contribution in [2.45, 2.75) is 81.6 Å². The number of epoxide rings is 3. The highest BCUT2D eigenvalue weighted by Crippen LogP contribution is 2.82. The molecule has 0 aromatic heterocycles. The fraction of sp³-hybridized carbons (Fsp3) is 0.850. The van der Waals surface area contributed by atoms with Gasteiger partial charge in [-0.05, 0) is 36.7 Å². The van der Waals surface area contributed by atoms with Crippen molar-refractivity contribution in [3.8, 4) is 0 Å². The Morgan fingerprint density at radius 3 is 2.80 bits per heavy atom. The fourth-order valence-electron chi connectivity index (χ4n) is 7.56. The molecule has 0 radical (unpaired) electrons. The van der Waals surface area contributed by atoms with Crippen molar-refractivity contribution in [1.82, 2.24) is 0 Å². The lowest BCUT2D eigenvalue weighted by atomic mass is 9.47. The number of hydrogen-bond acceptors (Lipinski definition) is 5. The minimum Gasteiger partial charge on any atom is -0.458 e. The molecule has 5 fully saturated rings. The number of esters is 1. The third kappa shape index (κ3) is 1.19. The molecule has 4 heterocycles. The van der Waals surface area contributed by atoms with Gasteiger partial charge in [0.2, 0.25) is 0 Å². The quantitative estimate of drug-likeness (QED) is 0.539. The van der Waals surface area contributed by atoms with Gasteiger partial charge in [0.1, 0.15) is 35.6 Å². The first-order valence-electron chi connectivity index (χ1n) is 9.82. The summed E-state index contributed by atoms with van der Waals surface area (Å²) >= 11 is 0. The van der Waals surface area contributed by atoms with E-state index in [0.717, 1.165) is 31.3 Å².